The molecule has 1 aliphatic carbocycles. The summed E-state index contributed by atoms with van der Waals surface area (Å²) in [6, 6.07) is 15.7. The molecule has 1 aliphatic rings. The van der Waals surface area contributed by atoms with Crippen LogP contribution in [0.2, 0.25) is 0 Å². The van der Waals surface area contributed by atoms with Crippen molar-refractivity contribution in [3.8, 4) is 0 Å². The molecule has 0 heterocycles. The van der Waals surface area contributed by atoms with Crippen LogP contribution in [0, 0.1) is 0 Å². The topological polar surface area (TPSA) is 67.2 Å². The van der Waals surface area contributed by atoms with E-state index in [1.165, 1.54) is 24.0 Å². The quantitative estimate of drug-likeness (QED) is 0.782. The van der Waals surface area contributed by atoms with Crippen molar-refractivity contribution >= 4 is 17.4 Å². The van der Waals surface area contributed by atoms with Crippen molar-refractivity contribution < 1.29 is 4.79 Å². The molecule has 0 unspecified atom stereocenters. The molecule has 0 radical (unpaired) electrons. The number of nitrogens with one attached hydrogen (secondary N) is 2. The second-order valence-electron chi connectivity index (χ2n) is 5.44. The lowest BCUT2D eigenvalue weighted by Crippen LogP contribution is -2.19. The molecule has 3 rings (SSSR count). The number of hydrogen-bond acceptors (Lipinski definition) is 2. The smallest absolute Gasteiger partial charge is 0.316 e. The van der Waals surface area contributed by atoms with Crippen molar-refractivity contribution in [2.45, 2.75) is 25.3 Å². The average Bonchev–Trinajstić information content (AvgIpc) is 3.31. The Morgan fingerprint density at radius 1 is 1.10 bits per heavy atom. The van der Waals surface area contributed by atoms with E-state index >= 15 is 0 Å². The molecule has 4 heteroatoms. The highest BCUT2D eigenvalue weighted by Gasteiger charge is 2.23. The van der Waals surface area contributed by atoms with Gasteiger partial charge in [-0.3, -0.25) is 0 Å². The number of anilines is 2. The van der Waals surface area contributed by atoms with E-state index in [-0.39, 0.29) is 0 Å². The van der Waals surface area contributed by atoms with E-state index in [2.05, 4.69) is 34.9 Å². The number of urea groups is 1. The van der Waals surface area contributed by atoms with Gasteiger partial charge in [-0.15, -0.1) is 0 Å². The Hall–Kier alpha value is -2.49. The van der Waals surface area contributed by atoms with Gasteiger partial charge in [0.1, 0.15) is 0 Å². The Morgan fingerprint density at radius 3 is 2.48 bits per heavy atom. The monoisotopic (exact) mass is 281 g/mol. The fourth-order valence-corrected chi connectivity index (χ4v) is 2.39. The van der Waals surface area contributed by atoms with Gasteiger partial charge in [-0.2, -0.15) is 0 Å². The first-order chi connectivity index (χ1) is 10.2. The third-order valence-corrected chi connectivity index (χ3v) is 3.65. The Morgan fingerprint density at radius 2 is 1.81 bits per heavy atom. The summed E-state index contributed by atoms with van der Waals surface area (Å²) in [6.07, 6.45) is 2.65. The number of carbonyl (C=O) groups is 1. The number of amides is 2. The number of primary amides is 1. The minimum atomic E-state index is -0.549. The third kappa shape index (κ3) is 3.75. The van der Waals surface area contributed by atoms with Gasteiger partial charge < -0.3 is 16.4 Å². The van der Waals surface area contributed by atoms with Crippen molar-refractivity contribution in [1.29, 1.82) is 0 Å². The Balaban J connectivity index is 1.59. The maximum absolute atomic E-state index is 10.8. The highest BCUT2D eigenvalue weighted by molar-refractivity contribution is 5.87. The maximum atomic E-state index is 10.8. The first-order valence-corrected chi connectivity index (χ1v) is 7.20. The van der Waals surface area contributed by atoms with E-state index in [4.69, 9.17) is 5.73 Å². The van der Waals surface area contributed by atoms with Crippen LogP contribution in [0.1, 0.15) is 29.9 Å². The molecule has 0 atom stereocenters. The highest BCUT2D eigenvalue weighted by atomic mass is 16.2. The van der Waals surface area contributed by atoms with Gasteiger partial charge in [-0.1, -0.05) is 24.3 Å². The van der Waals surface area contributed by atoms with E-state index < -0.39 is 6.03 Å². The second kappa shape index (κ2) is 5.87. The molecule has 0 bridgehead atoms. The van der Waals surface area contributed by atoms with Gasteiger partial charge in [-0.05, 0) is 54.2 Å². The van der Waals surface area contributed by atoms with Crippen LogP contribution in [0.3, 0.4) is 0 Å². The summed E-state index contributed by atoms with van der Waals surface area (Å²) >= 11 is 0. The minimum Gasteiger partial charge on any atom is -0.381 e. The van der Waals surface area contributed by atoms with Gasteiger partial charge in [0.2, 0.25) is 0 Å². The molecule has 21 heavy (non-hydrogen) atoms. The van der Waals surface area contributed by atoms with Gasteiger partial charge >= 0.3 is 6.03 Å². The zero-order chi connectivity index (χ0) is 14.7. The van der Waals surface area contributed by atoms with E-state index in [1.807, 2.05) is 24.3 Å². The fraction of sp³-hybridized carbons (Fsp3) is 0.235. The lowest BCUT2D eigenvalue weighted by atomic mass is 10.1. The summed E-state index contributed by atoms with van der Waals surface area (Å²) in [6.45, 7) is 0.795. The lowest BCUT2D eigenvalue weighted by molar-refractivity contribution is 0.259. The normalized spacial score (nSPS) is 13.7. The molecule has 4 nitrogen and oxygen atoms in total. The van der Waals surface area contributed by atoms with Gasteiger partial charge in [0.15, 0.2) is 0 Å². The Labute approximate surface area is 124 Å². The molecule has 108 valence electrons. The molecule has 2 amide bonds. The molecule has 2 aromatic carbocycles. The summed E-state index contributed by atoms with van der Waals surface area (Å²) in [7, 11) is 0. The summed E-state index contributed by atoms with van der Waals surface area (Å²) in [5.41, 5.74) is 9.53. The molecule has 4 N–H and O–H groups in total. The molecule has 0 spiro atoms. The van der Waals surface area contributed by atoms with Crippen molar-refractivity contribution in [1.82, 2.24) is 0 Å². The van der Waals surface area contributed by atoms with Crippen LogP contribution in [0.25, 0.3) is 0 Å². The number of nitrogens with two attached hydrogens (primary N) is 1. The highest BCUT2D eigenvalue weighted by Crippen LogP contribution is 2.40. The average molecular weight is 281 g/mol. The van der Waals surface area contributed by atoms with E-state index in [0.29, 0.717) is 5.69 Å². The summed E-state index contributed by atoms with van der Waals surface area (Å²) < 4.78 is 0. The number of carbonyl (C=O) groups excluding carboxylic acids is 1. The standard InChI is InChI=1S/C17H19N3O/c18-17(21)20-16-8-6-15(7-9-16)19-11-12-2-1-3-14(10-12)13-4-5-13/h1-3,6-10,13,19H,4-5,11H2,(H3,18,20,21). The first-order valence-electron chi connectivity index (χ1n) is 7.20. The number of hydrogen-bond donors (Lipinski definition) is 3. The number of benzene rings is 2. The van der Waals surface area contributed by atoms with Crippen LogP contribution in [0.15, 0.2) is 48.5 Å². The zero-order valence-corrected chi connectivity index (χ0v) is 11.8. The Bertz CT molecular complexity index is 633. The third-order valence-electron chi connectivity index (χ3n) is 3.65. The summed E-state index contributed by atoms with van der Waals surface area (Å²) in [5, 5.41) is 5.93. The zero-order valence-electron chi connectivity index (χ0n) is 11.8. The van der Waals surface area contributed by atoms with E-state index in [9.17, 15) is 4.79 Å². The van der Waals surface area contributed by atoms with Crippen molar-refractivity contribution in [2.75, 3.05) is 10.6 Å². The molecule has 0 aliphatic heterocycles. The van der Waals surface area contributed by atoms with Crippen molar-refractivity contribution in [3.05, 3.63) is 59.7 Å². The molecular weight excluding hydrogens is 262 g/mol. The molecule has 0 saturated heterocycles. The van der Waals surface area contributed by atoms with Crippen molar-refractivity contribution in [3.63, 3.8) is 0 Å². The van der Waals surface area contributed by atoms with Crippen LogP contribution < -0.4 is 16.4 Å². The van der Waals surface area contributed by atoms with Crippen LogP contribution in [-0.2, 0) is 6.54 Å². The molecule has 1 fully saturated rings. The predicted octanol–water partition coefficient (Wildman–Crippen LogP) is 3.67. The SMILES string of the molecule is NC(=O)Nc1ccc(NCc2cccc(C3CC3)c2)cc1. The van der Waals surface area contributed by atoms with Crippen LogP contribution in [-0.4, -0.2) is 6.03 Å². The van der Waals surface area contributed by atoms with Gasteiger partial charge in [0.25, 0.3) is 0 Å². The Kier molecular flexibility index (Phi) is 3.77. The molecular formula is C17H19N3O. The molecule has 2 aromatic rings. The first kappa shape index (κ1) is 13.5. The molecule has 1 saturated carbocycles. The van der Waals surface area contributed by atoms with Gasteiger partial charge in [-0.25, -0.2) is 4.79 Å². The summed E-state index contributed by atoms with van der Waals surface area (Å²) in [4.78, 5) is 10.8. The maximum Gasteiger partial charge on any atom is 0.316 e. The van der Waals surface area contributed by atoms with E-state index in [0.717, 1.165) is 18.2 Å². The summed E-state index contributed by atoms with van der Waals surface area (Å²) in [5.74, 6) is 0.782. The van der Waals surface area contributed by atoms with E-state index in [1.54, 1.807) is 0 Å². The van der Waals surface area contributed by atoms with Gasteiger partial charge in [0, 0.05) is 17.9 Å². The predicted molar refractivity (Wildman–Crippen MR) is 85.4 cm³/mol. The minimum absolute atomic E-state index is 0.549. The second-order valence-corrected chi connectivity index (χ2v) is 5.44. The van der Waals surface area contributed by atoms with Crippen molar-refractivity contribution in [2.24, 2.45) is 5.73 Å². The fourth-order valence-electron chi connectivity index (χ4n) is 2.39. The molecule has 0 aromatic heterocycles. The van der Waals surface area contributed by atoms with Crippen LogP contribution in [0.5, 0.6) is 0 Å². The largest absolute Gasteiger partial charge is 0.381 e. The number of rotatable bonds is 5. The van der Waals surface area contributed by atoms with Gasteiger partial charge in [0.05, 0.1) is 0 Å². The lowest BCUT2D eigenvalue weighted by Gasteiger charge is -2.09. The van der Waals surface area contributed by atoms with Crippen LogP contribution in [0.4, 0.5) is 16.2 Å². The van der Waals surface area contributed by atoms with Crippen LogP contribution >= 0.6 is 0 Å².